The first kappa shape index (κ1) is 30.1. The minimum Gasteiger partial charge on any atom is -0.376 e. The van der Waals surface area contributed by atoms with Gasteiger partial charge in [0.1, 0.15) is 12.4 Å². The van der Waals surface area contributed by atoms with Crippen LogP contribution in [0.15, 0.2) is 42.0 Å². The minimum atomic E-state index is -1.35. The third-order valence-electron chi connectivity index (χ3n) is 8.12. The van der Waals surface area contributed by atoms with E-state index in [-0.39, 0.29) is 36.8 Å². The number of aryl methyl sites for hydroxylation is 1. The van der Waals surface area contributed by atoms with Gasteiger partial charge < -0.3 is 25.4 Å². The molecule has 10 heteroatoms. The van der Waals surface area contributed by atoms with Crippen LogP contribution in [0.5, 0.6) is 0 Å². The molecule has 0 spiro atoms. The number of amides is 3. The van der Waals surface area contributed by atoms with E-state index in [0.717, 1.165) is 24.8 Å². The van der Waals surface area contributed by atoms with E-state index in [4.69, 9.17) is 4.74 Å². The topological polar surface area (TPSA) is 120 Å². The Morgan fingerprint density at radius 3 is 2.75 bits per heavy atom. The molecular formula is C30H43FN4O5. The number of aliphatic hydroxyl groups is 1. The number of aliphatic hydroxyl groups excluding tert-OH is 1. The predicted octanol–water partition coefficient (Wildman–Crippen LogP) is 1.99. The van der Waals surface area contributed by atoms with Crippen LogP contribution in [0.1, 0.15) is 57.4 Å². The van der Waals surface area contributed by atoms with Crippen LogP contribution in [0.3, 0.4) is 0 Å². The van der Waals surface area contributed by atoms with Gasteiger partial charge in [0, 0.05) is 33.2 Å². The van der Waals surface area contributed by atoms with Gasteiger partial charge in [-0.05, 0) is 62.0 Å². The molecule has 40 heavy (non-hydrogen) atoms. The van der Waals surface area contributed by atoms with Crippen molar-refractivity contribution in [2.75, 3.05) is 26.2 Å². The van der Waals surface area contributed by atoms with Gasteiger partial charge in [-0.3, -0.25) is 19.7 Å². The Labute approximate surface area is 235 Å². The Balaban J connectivity index is 1.56. The zero-order valence-corrected chi connectivity index (χ0v) is 23.3. The molecule has 4 bridgehead atoms. The number of hydrogen-bond donors (Lipinski definition) is 4. The first-order chi connectivity index (χ1) is 19.3. The number of nitrogens with zero attached hydrogens (tertiary/aromatic N) is 1. The predicted molar refractivity (Wildman–Crippen MR) is 149 cm³/mol. The molecule has 3 amide bonds. The van der Waals surface area contributed by atoms with E-state index in [1.165, 1.54) is 6.92 Å². The Bertz CT molecular complexity index is 1040. The van der Waals surface area contributed by atoms with Crippen molar-refractivity contribution in [1.29, 1.82) is 0 Å². The summed E-state index contributed by atoms with van der Waals surface area (Å²) in [6, 6.07) is 7.91. The molecule has 1 aromatic carbocycles. The molecule has 6 atom stereocenters. The highest BCUT2D eigenvalue weighted by molar-refractivity contribution is 5.82. The summed E-state index contributed by atoms with van der Waals surface area (Å²) in [5, 5.41) is 19.6. The lowest BCUT2D eigenvalue weighted by Gasteiger charge is -2.35. The number of carbonyl (C=O) groups excluding carboxylic acids is 3. The van der Waals surface area contributed by atoms with Gasteiger partial charge in [-0.2, -0.15) is 0 Å². The normalized spacial score (nSPS) is 30.9. The smallest absolute Gasteiger partial charge is 0.237 e. The molecule has 9 nitrogen and oxygen atoms in total. The van der Waals surface area contributed by atoms with Crippen LogP contribution in [0, 0.1) is 5.92 Å². The number of piperidine rings is 1. The maximum absolute atomic E-state index is 14.8. The first-order valence-electron chi connectivity index (χ1n) is 14.6. The molecule has 0 saturated carbocycles. The van der Waals surface area contributed by atoms with Crippen molar-refractivity contribution in [2.45, 2.75) is 88.9 Å². The fourth-order valence-electron chi connectivity index (χ4n) is 5.84. The van der Waals surface area contributed by atoms with Gasteiger partial charge in [0.05, 0.1) is 24.6 Å². The summed E-state index contributed by atoms with van der Waals surface area (Å²) in [4.78, 5) is 40.4. The first-order valence-corrected chi connectivity index (χ1v) is 14.6. The van der Waals surface area contributed by atoms with Crippen LogP contribution in [-0.2, 0) is 25.5 Å². The monoisotopic (exact) mass is 558 g/mol. The molecule has 0 radical (unpaired) electrons. The standard InChI is InChI=1S/C30H43FN4O5/c1-20(36)33-27-17-28(37)35-14-5-8-22(19-35)13-15-40-24-10-11-25(31)23(16-24)18-32-29(38)26(34-30(27)39)12-9-21-6-3-2-4-7-21/h2-4,6-7,16,22,24-27,30,34,39H,5,8-15,17-19H2,1H3,(H,32,38)(H,33,36)/t22?,24?,25?,26-,27-,30?/m0/s1. The van der Waals surface area contributed by atoms with E-state index in [2.05, 4.69) is 16.0 Å². The maximum Gasteiger partial charge on any atom is 0.237 e. The Kier molecular flexibility index (Phi) is 11.1. The van der Waals surface area contributed by atoms with Gasteiger partial charge in [-0.15, -0.1) is 0 Å². The number of rotatable bonds is 4. The fraction of sp³-hybridized carbons (Fsp3) is 0.633. The van der Waals surface area contributed by atoms with Crippen molar-refractivity contribution >= 4 is 17.7 Å². The average molecular weight is 559 g/mol. The molecule has 220 valence electrons. The number of nitrogens with one attached hydrogen (secondary N) is 3. The number of alkyl halides is 1. The van der Waals surface area contributed by atoms with Crippen molar-refractivity contribution in [3.63, 3.8) is 0 Å². The van der Waals surface area contributed by atoms with Crippen LogP contribution in [0.25, 0.3) is 0 Å². The van der Waals surface area contributed by atoms with Crippen molar-refractivity contribution in [2.24, 2.45) is 5.92 Å². The molecule has 4 unspecified atom stereocenters. The van der Waals surface area contributed by atoms with E-state index in [1.54, 1.807) is 11.0 Å². The summed E-state index contributed by atoms with van der Waals surface area (Å²) in [6.07, 6.45) is 3.51. The van der Waals surface area contributed by atoms with E-state index >= 15 is 0 Å². The zero-order valence-electron chi connectivity index (χ0n) is 23.3. The third-order valence-corrected chi connectivity index (χ3v) is 8.12. The van der Waals surface area contributed by atoms with E-state index in [1.807, 2.05) is 30.3 Å². The highest BCUT2D eigenvalue weighted by Gasteiger charge is 2.32. The van der Waals surface area contributed by atoms with Gasteiger partial charge in [-0.1, -0.05) is 36.4 Å². The molecule has 2 heterocycles. The van der Waals surface area contributed by atoms with Gasteiger partial charge in [0.25, 0.3) is 0 Å². The molecule has 2 aliphatic heterocycles. The molecular weight excluding hydrogens is 515 g/mol. The summed E-state index contributed by atoms with van der Waals surface area (Å²) in [7, 11) is 0. The SMILES string of the molecule is CC(=O)N[C@H]1CC(=O)N2CCCC(CCOC3C=C(CNC(=O)[C@H](CCc4ccccc4)NC1O)C(F)CC3)C2. The quantitative estimate of drug-likeness (QED) is 0.420. The number of fused-ring (bicyclic) bond motifs is 3. The molecule has 4 rings (SSSR count). The molecule has 1 fully saturated rings. The van der Waals surface area contributed by atoms with Gasteiger partial charge in [0.15, 0.2) is 0 Å². The molecule has 1 saturated heterocycles. The minimum absolute atomic E-state index is 0.0463. The lowest BCUT2D eigenvalue weighted by atomic mass is 9.93. The highest BCUT2D eigenvalue weighted by Crippen LogP contribution is 2.25. The van der Waals surface area contributed by atoms with E-state index in [9.17, 15) is 23.9 Å². The fourth-order valence-corrected chi connectivity index (χ4v) is 5.84. The number of hydrogen-bond acceptors (Lipinski definition) is 6. The second-order valence-corrected chi connectivity index (χ2v) is 11.2. The number of carbonyl (C=O) groups is 3. The molecule has 1 aliphatic carbocycles. The van der Waals surface area contributed by atoms with Crippen LogP contribution >= 0.6 is 0 Å². The highest BCUT2D eigenvalue weighted by atomic mass is 19.1. The van der Waals surface area contributed by atoms with Crippen molar-refractivity contribution in [3.05, 3.63) is 47.5 Å². The number of halogens is 1. The molecule has 4 N–H and O–H groups in total. The van der Waals surface area contributed by atoms with E-state index in [0.29, 0.717) is 56.9 Å². The van der Waals surface area contributed by atoms with Crippen LogP contribution in [0.4, 0.5) is 4.39 Å². The lowest BCUT2D eigenvalue weighted by Crippen LogP contribution is -2.57. The van der Waals surface area contributed by atoms with E-state index < -0.39 is 24.5 Å². The number of ether oxygens (including phenoxy) is 1. The summed E-state index contributed by atoms with van der Waals surface area (Å²) >= 11 is 0. The summed E-state index contributed by atoms with van der Waals surface area (Å²) < 4.78 is 20.9. The largest absolute Gasteiger partial charge is 0.376 e. The van der Waals surface area contributed by atoms with Crippen molar-refractivity contribution in [1.82, 2.24) is 20.9 Å². The van der Waals surface area contributed by atoms with Crippen LogP contribution < -0.4 is 16.0 Å². The summed E-state index contributed by atoms with van der Waals surface area (Å²) in [6.45, 7) is 3.12. The summed E-state index contributed by atoms with van der Waals surface area (Å²) in [5.74, 6) is -0.626. The van der Waals surface area contributed by atoms with Crippen molar-refractivity contribution < 1.29 is 28.6 Å². The Morgan fingerprint density at radius 1 is 1.18 bits per heavy atom. The third kappa shape index (κ3) is 8.84. The van der Waals surface area contributed by atoms with Crippen molar-refractivity contribution in [3.8, 4) is 0 Å². The second-order valence-electron chi connectivity index (χ2n) is 11.2. The molecule has 1 aromatic rings. The van der Waals surface area contributed by atoms with Gasteiger partial charge in [0.2, 0.25) is 17.7 Å². The molecule has 0 aromatic heterocycles. The number of benzene rings is 1. The van der Waals surface area contributed by atoms with Gasteiger partial charge in [-0.25, -0.2) is 4.39 Å². The van der Waals surface area contributed by atoms with Crippen LogP contribution in [0.2, 0.25) is 0 Å². The zero-order chi connectivity index (χ0) is 28.5. The summed E-state index contributed by atoms with van der Waals surface area (Å²) in [5.41, 5.74) is 1.52. The van der Waals surface area contributed by atoms with Crippen LogP contribution in [-0.4, -0.2) is 84.6 Å². The lowest BCUT2D eigenvalue weighted by molar-refractivity contribution is -0.135. The second kappa shape index (κ2) is 14.7. The Hall–Kier alpha value is -2.82. The molecule has 3 aliphatic rings. The van der Waals surface area contributed by atoms with Gasteiger partial charge >= 0.3 is 0 Å². The average Bonchev–Trinajstić information content (AvgIpc) is 2.94. The maximum atomic E-state index is 14.8. The Morgan fingerprint density at radius 2 is 1.98 bits per heavy atom.